The molecule has 0 aliphatic carbocycles. The van der Waals surface area contributed by atoms with Crippen LogP contribution in [0.2, 0.25) is 0 Å². The number of hydrogen-bond donors (Lipinski definition) is 1. The Bertz CT molecular complexity index is 1600. The fourth-order valence-electron chi connectivity index (χ4n) is 4.28. The lowest BCUT2D eigenvalue weighted by molar-refractivity contribution is -0.142. The van der Waals surface area contributed by atoms with E-state index in [0.717, 1.165) is 26.9 Å². The highest BCUT2D eigenvalue weighted by Crippen LogP contribution is 2.51. The van der Waals surface area contributed by atoms with Gasteiger partial charge in [-0.2, -0.15) is 5.26 Å². The molecule has 1 amide bonds. The molecular weight excluding hydrogens is 558 g/mol. The Morgan fingerprint density at radius 3 is 2.63 bits per heavy atom. The van der Waals surface area contributed by atoms with Gasteiger partial charge >= 0.3 is 5.97 Å². The van der Waals surface area contributed by atoms with Gasteiger partial charge in [-0.15, -0.1) is 0 Å². The minimum Gasteiger partial charge on any atom is -0.482 e. The van der Waals surface area contributed by atoms with Gasteiger partial charge in [0.15, 0.2) is 11.8 Å². The zero-order chi connectivity index (χ0) is 28.9. The zero-order valence-electron chi connectivity index (χ0n) is 22.7. The van der Waals surface area contributed by atoms with Crippen LogP contribution < -0.4 is 15.0 Å². The fraction of sp³-hybridized carbons (Fsp3) is 0.200. The first-order chi connectivity index (χ1) is 19.9. The van der Waals surface area contributed by atoms with E-state index in [-0.39, 0.29) is 12.5 Å². The fourth-order valence-corrected chi connectivity index (χ4v) is 6.59. The van der Waals surface area contributed by atoms with E-state index >= 15 is 0 Å². The molecule has 208 valence electrons. The van der Waals surface area contributed by atoms with Gasteiger partial charge in [0.2, 0.25) is 0 Å². The molecule has 3 aromatic carbocycles. The van der Waals surface area contributed by atoms with Crippen molar-refractivity contribution >= 4 is 57.6 Å². The van der Waals surface area contributed by atoms with Crippen molar-refractivity contribution in [2.75, 3.05) is 37.5 Å². The van der Waals surface area contributed by atoms with Gasteiger partial charge in [0.25, 0.3) is 5.91 Å². The number of nitrogens with one attached hydrogen (secondary N) is 1. The molecule has 1 saturated heterocycles. The van der Waals surface area contributed by atoms with E-state index in [0.29, 0.717) is 40.2 Å². The van der Waals surface area contributed by atoms with E-state index in [2.05, 4.69) is 16.1 Å². The molecule has 2 heterocycles. The number of methoxy groups -OCH3 is 1. The smallest absolute Gasteiger partial charge is 0.343 e. The molecule has 3 aromatic rings. The summed E-state index contributed by atoms with van der Waals surface area (Å²) in [6.07, 6.45) is 0. The van der Waals surface area contributed by atoms with E-state index in [9.17, 15) is 14.9 Å². The molecule has 41 heavy (non-hydrogen) atoms. The molecular formula is C30H27N5O4S2. The minimum absolute atomic E-state index is 0.150. The number of anilines is 2. The van der Waals surface area contributed by atoms with Crippen molar-refractivity contribution in [2.45, 2.75) is 18.4 Å². The second-order valence-electron chi connectivity index (χ2n) is 9.04. The Balaban J connectivity index is 1.52. The maximum absolute atomic E-state index is 14.0. The number of amidine groups is 1. The summed E-state index contributed by atoms with van der Waals surface area (Å²) in [6, 6.07) is 22.8. The Kier molecular flexibility index (Phi) is 8.52. The third-order valence-corrected chi connectivity index (χ3v) is 8.77. The predicted octanol–water partition coefficient (Wildman–Crippen LogP) is 5.72. The first kappa shape index (κ1) is 28.1. The summed E-state index contributed by atoms with van der Waals surface area (Å²) >= 11 is 2.81. The van der Waals surface area contributed by atoms with Crippen LogP contribution in [0, 0.1) is 11.3 Å². The van der Waals surface area contributed by atoms with Crippen molar-refractivity contribution in [2.24, 2.45) is 4.99 Å². The molecule has 1 N–H and O–H groups in total. The third-order valence-electron chi connectivity index (χ3n) is 6.34. The van der Waals surface area contributed by atoms with Gasteiger partial charge in [-0.05, 0) is 54.6 Å². The van der Waals surface area contributed by atoms with Gasteiger partial charge in [0.05, 0.1) is 47.4 Å². The molecule has 2 aliphatic rings. The van der Waals surface area contributed by atoms with Crippen LogP contribution in [0.1, 0.15) is 18.1 Å². The van der Waals surface area contributed by atoms with Crippen LogP contribution in [0.4, 0.5) is 17.1 Å². The number of nitriles is 1. The van der Waals surface area contributed by atoms with Crippen LogP contribution in [-0.4, -0.2) is 49.3 Å². The Morgan fingerprint density at radius 1 is 1.10 bits per heavy atom. The summed E-state index contributed by atoms with van der Waals surface area (Å²) in [5.74, 6) is -0.0881. The quantitative estimate of drug-likeness (QED) is 0.262. The first-order valence-electron chi connectivity index (χ1n) is 12.8. The van der Waals surface area contributed by atoms with Gasteiger partial charge in [0, 0.05) is 24.6 Å². The number of nitrogens with zero attached hydrogens (tertiary/aromatic N) is 4. The van der Waals surface area contributed by atoms with E-state index < -0.39 is 5.97 Å². The molecule has 0 radical (unpaired) electrons. The first-order valence-corrected chi connectivity index (χ1v) is 14.4. The molecule has 0 bridgehead atoms. The average Bonchev–Trinajstić information content (AvgIpc) is 3.48. The number of ether oxygens (including phenoxy) is 2. The van der Waals surface area contributed by atoms with E-state index in [1.54, 1.807) is 23.1 Å². The normalized spacial score (nSPS) is 17.0. The topological polar surface area (TPSA) is 107 Å². The number of aliphatic imine (C=N–C) groups is 1. The SMILES string of the molecule is CCNc1ccc(C#N)cc1N=C1S/C(=C2\Sc3ccc(OCC(=O)OC)cc3N2C)C(=O)N1Cc1ccccc1. The highest BCUT2D eigenvalue weighted by Gasteiger charge is 2.39. The summed E-state index contributed by atoms with van der Waals surface area (Å²) in [4.78, 5) is 35.6. The maximum Gasteiger partial charge on any atom is 0.343 e. The molecule has 0 saturated carbocycles. The number of hydrogen-bond acceptors (Lipinski definition) is 10. The van der Waals surface area contributed by atoms with Gasteiger partial charge < -0.3 is 19.7 Å². The monoisotopic (exact) mass is 585 g/mol. The summed E-state index contributed by atoms with van der Waals surface area (Å²) in [7, 11) is 3.21. The summed E-state index contributed by atoms with van der Waals surface area (Å²) in [5, 5.41) is 14.1. The van der Waals surface area contributed by atoms with Crippen LogP contribution in [0.5, 0.6) is 5.75 Å². The average molecular weight is 586 g/mol. The van der Waals surface area contributed by atoms with Crippen molar-refractivity contribution in [3.05, 3.63) is 87.8 Å². The standard InChI is InChI=1S/C30H27N5O4S2/c1-4-32-22-12-10-20(16-31)14-23(22)33-30-35(17-19-8-6-5-7-9-19)28(37)27(41-30)29-34(2)24-15-21(11-13-25(24)40-29)39-18-26(36)38-3/h5-15,32H,4,17-18H2,1-3H3/b29-27-,33-30?. The van der Waals surface area contributed by atoms with E-state index in [1.807, 2.05) is 67.4 Å². The molecule has 11 heteroatoms. The molecule has 0 spiro atoms. The Labute approximate surface area is 246 Å². The number of benzene rings is 3. The van der Waals surface area contributed by atoms with Crippen LogP contribution in [-0.2, 0) is 20.9 Å². The molecule has 0 unspecified atom stereocenters. The zero-order valence-corrected chi connectivity index (χ0v) is 24.3. The Hall–Kier alpha value is -4.40. The minimum atomic E-state index is -0.466. The molecule has 2 aliphatic heterocycles. The van der Waals surface area contributed by atoms with Crippen molar-refractivity contribution < 1.29 is 19.1 Å². The second kappa shape index (κ2) is 12.4. The number of carbonyl (C=O) groups is 2. The van der Waals surface area contributed by atoms with Crippen LogP contribution in [0.25, 0.3) is 0 Å². The number of esters is 1. The summed E-state index contributed by atoms with van der Waals surface area (Å²) in [6.45, 7) is 2.84. The number of carbonyl (C=O) groups excluding carboxylic acids is 2. The lowest BCUT2D eigenvalue weighted by Gasteiger charge is -2.17. The molecule has 9 nitrogen and oxygen atoms in total. The maximum atomic E-state index is 14.0. The summed E-state index contributed by atoms with van der Waals surface area (Å²) in [5.41, 5.74) is 3.70. The van der Waals surface area contributed by atoms with Gasteiger partial charge in [-0.3, -0.25) is 9.69 Å². The van der Waals surface area contributed by atoms with Gasteiger partial charge in [-0.1, -0.05) is 42.1 Å². The number of amides is 1. The summed E-state index contributed by atoms with van der Waals surface area (Å²) < 4.78 is 10.2. The number of rotatable bonds is 8. The van der Waals surface area contributed by atoms with Crippen molar-refractivity contribution in [3.8, 4) is 11.8 Å². The second-order valence-corrected chi connectivity index (χ2v) is 11.0. The van der Waals surface area contributed by atoms with Crippen LogP contribution in [0.3, 0.4) is 0 Å². The lowest BCUT2D eigenvalue weighted by atomic mass is 10.2. The van der Waals surface area contributed by atoms with E-state index in [1.165, 1.54) is 30.6 Å². The molecule has 0 aromatic heterocycles. The third kappa shape index (κ3) is 6.04. The molecule has 0 atom stereocenters. The van der Waals surface area contributed by atoms with Crippen molar-refractivity contribution in [3.63, 3.8) is 0 Å². The van der Waals surface area contributed by atoms with Crippen molar-refractivity contribution in [1.29, 1.82) is 5.26 Å². The lowest BCUT2D eigenvalue weighted by Crippen LogP contribution is -2.29. The van der Waals surface area contributed by atoms with Crippen LogP contribution >= 0.6 is 23.5 Å². The largest absolute Gasteiger partial charge is 0.482 e. The molecule has 1 fully saturated rings. The number of thioether (sulfide) groups is 2. The molecule has 5 rings (SSSR count). The van der Waals surface area contributed by atoms with Gasteiger partial charge in [-0.25, -0.2) is 9.79 Å². The highest BCUT2D eigenvalue weighted by atomic mass is 32.2. The highest BCUT2D eigenvalue weighted by molar-refractivity contribution is 8.19. The predicted molar refractivity (Wildman–Crippen MR) is 162 cm³/mol. The van der Waals surface area contributed by atoms with Crippen LogP contribution in [0.15, 0.2) is 86.6 Å². The van der Waals surface area contributed by atoms with Gasteiger partial charge in [0.1, 0.15) is 10.7 Å². The van der Waals surface area contributed by atoms with E-state index in [4.69, 9.17) is 9.73 Å². The Morgan fingerprint density at radius 2 is 1.90 bits per heavy atom. The van der Waals surface area contributed by atoms with Crippen molar-refractivity contribution in [1.82, 2.24) is 4.90 Å². The number of fused-ring (bicyclic) bond motifs is 1.